The first-order chi connectivity index (χ1) is 10.7. The fraction of sp³-hybridized carbons (Fsp3) is 0.400. The Labute approximate surface area is 137 Å². The van der Waals surface area contributed by atoms with Gasteiger partial charge in [0.25, 0.3) is 0 Å². The summed E-state index contributed by atoms with van der Waals surface area (Å²) in [5.74, 6) is 0.122. The summed E-state index contributed by atoms with van der Waals surface area (Å²) >= 11 is 3.34. The molecule has 1 aliphatic rings. The third-order valence-electron chi connectivity index (χ3n) is 3.75. The molecule has 1 aliphatic heterocycles. The molecule has 0 aliphatic carbocycles. The summed E-state index contributed by atoms with van der Waals surface area (Å²) < 4.78 is 2.55. The molecule has 0 aromatic carbocycles. The van der Waals surface area contributed by atoms with Gasteiger partial charge in [-0.15, -0.1) is 0 Å². The Morgan fingerprint density at radius 2 is 2.05 bits per heavy atom. The van der Waals surface area contributed by atoms with E-state index in [0.29, 0.717) is 6.54 Å². The molecule has 0 atom stereocenters. The molecule has 1 fully saturated rings. The number of halogens is 1. The summed E-state index contributed by atoms with van der Waals surface area (Å²) in [5, 5.41) is 4.13. The van der Waals surface area contributed by atoms with Gasteiger partial charge in [0.05, 0.1) is 10.7 Å². The second-order valence-electron chi connectivity index (χ2n) is 5.37. The van der Waals surface area contributed by atoms with E-state index < -0.39 is 0 Å². The van der Waals surface area contributed by atoms with Gasteiger partial charge >= 0.3 is 0 Å². The second kappa shape index (κ2) is 7.02. The fourth-order valence-electron chi connectivity index (χ4n) is 2.57. The number of piperazine rings is 1. The maximum atomic E-state index is 12.3. The minimum Gasteiger partial charge on any atom is -0.339 e. The number of pyridine rings is 1. The van der Waals surface area contributed by atoms with Crippen molar-refractivity contribution in [3.63, 3.8) is 0 Å². The standard InChI is InChI=1S/C15H18BrN5O/c16-14-9-18-21(11-14)12-15(22)20-6-4-19(5-7-20)10-13-2-1-3-17-8-13/h1-3,8-9,11H,4-7,10,12H2. The van der Waals surface area contributed by atoms with Crippen LogP contribution in [-0.4, -0.2) is 56.7 Å². The van der Waals surface area contributed by atoms with E-state index >= 15 is 0 Å². The van der Waals surface area contributed by atoms with Gasteiger partial charge in [-0.25, -0.2) is 0 Å². The Bertz CT molecular complexity index is 622. The Morgan fingerprint density at radius 3 is 2.68 bits per heavy atom. The lowest BCUT2D eigenvalue weighted by atomic mass is 10.2. The number of nitrogens with zero attached hydrogens (tertiary/aromatic N) is 5. The van der Waals surface area contributed by atoms with E-state index in [2.05, 4.69) is 37.0 Å². The van der Waals surface area contributed by atoms with Crippen LogP contribution in [0.5, 0.6) is 0 Å². The highest BCUT2D eigenvalue weighted by molar-refractivity contribution is 9.10. The Hall–Kier alpha value is -1.73. The van der Waals surface area contributed by atoms with Crippen LogP contribution in [0.2, 0.25) is 0 Å². The number of amides is 1. The molecule has 0 spiro atoms. The molecular formula is C15H18BrN5O. The van der Waals surface area contributed by atoms with Crippen LogP contribution in [0.25, 0.3) is 0 Å². The molecule has 2 aromatic heterocycles. The average molecular weight is 364 g/mol. The lowest BCUT2D eigenvalue weighted by Gasteiger charge is -2.34. The number of aromatic nitrogens is 3. The van der Waals surface area contributed by atoms with Crippen molar-refractivity contribution in [3.05, 3.63) is 47.0 Å². The van der Waals surface area contributed by atoms with Crippen molar-refractivity contribution in [1.82, 2.24) is 24.6 Å². The highest BCUT2D eigenvalue weighted by Gasteiger charge is 2.21. The summed E-state index contributed by atoms with van der Waals surface area (Å²) in [5.41, 5.74) is 1.21. The minimum atomic E-state index is 0.122. The van der Waals surface area contributed by atoms with Crippen molar-refractivity contribution in [2.45, 2.75) is 13.1 Å². The largest absolute Gasteiger partial charge is 0.339 e. The van der Waals surface area contributed by atoms with Crippen molar-refractivity contribution in [1.29, 1.82) is 0 Å². The number of hydrogen-bond acceptors (Lipinski definition) is 4. The fourth-order valence-corrected chi connectivity index (χ4v) is 2.90. The zero-order chi connectivity index (χ0) is 15.4. The summed E-state index contributed by atoms with van der Waals surface area (Å²) in [6.45, 7) is 4.51. The van der Waals surface area contributed by atoms with Gasteiger partial charge in [-0.2, -0.15) is 5.10 Å². The van der Waals surface area contributed by atoms with Crippen molar-refractivity contribution < 1.29 is 4.79 Å². The quantitative estimate of drug-likeness (QED) is 0.823. The van der Waals surface area contributed by atoms with Gasteiger partial charge in [-0.3, -0.25) is 19.4 Å². The Kier molecular flexibility index (Phi) is 4.84. The number of hydrogen-bond donors (Lipinski definition) is 0. The van der Waals surface area contributed by atoms with Crippen molar-refractivity contribution in [2.75, 3.05) is 26.2 Å². The molecule has 6 nitrogen and oxygen atoms in total. The van der Waals surface area contributed by atoms with Crippen LogP contribution in [0.4, 0.5) is 0 Å². The van der Waals surface area contributed by atoms with Gasteiger partial charge < -0.3 is 4.90 Å². The van der Waals surface area contributed by atoms with Crippen LogP contribution in [0.15, 0.2) is 41.4 Å². The summed E-state index contributed by atoms with van der Waals surface area (Å²) in [6, 6.07) is 4.04. The van der Waals surface area contributed by atoms with Crippen LogP contribution >= 0.6 is 15.9 Å². The van der Waals surface area contributed by atoms with E-state index in [9.17, 15) is 4.79 Å². The van der Waals surface area contributed by atoms with Crippen LogP contribution in [-0.2, 0) is 17.9 Å². The molecule has 3 rings (SSSR count). The van der Waals surface area contributed by atoms with Gasteiger partial charge in [-0.05, 0) is 27.6 Å². The van der Waals surface area contributed by atoms with Crippen LogP contribution in [0.3, 0.4) is 0 Å². The first-order valence-electron chi connectivity index (χ1n) is 7.28. The summed E-state index contributed by atoms with van der Waals surface area (Å²) in [4.78, 5) is 20.7. The van der Waals surface area contributed by atoms with E-state index in [-0.39, 0.29) is 5.91 Å². The lowest BCUT2D eigenvalue weighted by Crippen LogP contribution is -2.49. The van der Waals surface area contributed by atoms with Gasteiger partial charge in [0.2, 0.25) is 5.91 Å². The molecule has 2 aromatic rings. The zero-order valence-electron chi connectivity index (χ0n) is 12.2. The van der Waals surface area contributed by atoms with Gasteiger partial charge in [0, 0.05) is 51.3 Å². The first-order valence-corrected chi connectivity index (χ1v) is 8.07. The molecule has 7 heteroatoms. The SMILES string of the molecule is O=C(Cn1cc(Br)cn1)N1CCN(Cc2cccnc2)CC1. The molecule has 0 bridgehead atoms. The maximum Gasteiger partial charge on any atom is 0.244 e. The van der Waals surface area contributed by atoms with E-state index in [0.717, 1.165) is 37.2 Å². The molecule has 0 radical (unpaired) electrons. The zero-order valence-corrected chi connectivity index (χ0v) is 13.8. The monoisotopic (exact) mass is 363 g/mol. The first kappa shape index (κ1) is 15.2. The second-order valence-corrected chi connectivity index (χ2v) is 6.29. The Balaban J connectivity index is 1.48. The van der Waals surface area contributed by atoms with Crippen LogP contribution < -0.4 is 0 Å². The minimum absolute atomic E-state index is 0.122. The third-order valence-corrected chi connectivity index (χ3v) is 4.16. The smallest absolute Gasteiger partial charge is 0.244 e. The normalized spacial score (nSPS) is 16.0. The summed E-state index contributed by atoms with van der Waals surface area (Å²) in [6.07, 6.45) is 7.19. The Morgan fingerprint density at radius 1 is 1.23 bits per heavy atom. The average Bonchev–Trinajstić information content (AvgIpc) is 2.94. The van der Waals surface area contributed by atoms with Crippen molar-refractivity contribution in [3.8, 4) is 0 Å². The lowest BCUT2D eigenvalue weighted by molar-refractivity contribution is -0.133. The van der Waals surface area contributed by atoms with Crippen molar-refractivity contribution in [2.24, 2.45) is 0 Å². The van der Waals surface area contributed by atoms with Crippen molar-refractivity contribution >= 4 is 21.8 Å². The molecule has 1 saturated heterocycles. The van der Waals surface area contributed by atoms with E-state index in [4.69, 9.17) is 0 Å². The molecule has 0 saturated carbocycles. The predicted octanol–water partition coefficient (Wildman–Crippen LogP) is 1.39. The van der Waals surface area contributed by atoms with Gasteiger partial charge in [0.15, 0.2) is 0 Å². The molecule has 3 heterocycles. The number of carbonyl (C=O) groups is 1. The molecule has 0 unspecified atom stereocenters. The highest BCUT2D eigenvalue weighted by atomic mass is 79.9. The molecule has 1 amide bonds. The van der Waals surface area contributed by atoms with Gasteiger partial charge in [-0.1, -0.05) is 6.07 Å². The van der Waals surface area contributed by atoms with E-state index in [1.165, 1.54) is 5.56 Å². The van der Waals surface area contributed by atoms with E-state index in [1.54, 1.807) is 17.1 Å². The maximum absolute atomic E-state index is 12.3. The number of rotatable bonds is 4. The number of carbonyl (C=O) groups excluding carboxylic acids is 1. The molecule has 116 valence electrons. The highest BCUT2D eigenvalue weighted by Crippen LogP contribution is 2.09. The summed E-state index contributed by atoms with van der Waals surface area (Å²) in [7, 11) is 0. The molecule has 22 heavy (non-hydrogen) atoms. The molecular weight excluding hydrogens is 346 g/mol. The predicted molar refractivity (Wildman–Crippen MR) is 86.0 cm³/mol. The van der Waals surface area contributed by atoms with Gasteiger partial charge in [0.1, 0.15) is 6.54 Å². The van der Waals surface area contributed by atoms with Crippen LogP contribution in [0.1, 0.15) is 5.56 Å². The molecule has 0 N–H and O–H groups in total. The third kappa shape index (κ3) is 3.92. The topological polar surface area (TPSA) is 54.3 Å². The van der Waals surface area contributed by atoms with E-state index in [1.807, 2.05) is 23.4 Å². The van der Waals surface area contributed by atoms with Crippen LogP contribution in [0, 0.1) is 0 Å².